The molecule has 0 saturated carbocycles. The Morgan fingerprint density at radius 3 is 3.08 bits per heavy atom. The van der Waals surface area contributed by atoms with E-state index in [9.17, 15) is 0 Å². The first-order chi connectivity index (χ1) is 5.79. The van der Waals surface area contributed by atoms with Crippen LogP contribution in [0.3, 0.4) is 0 Å². The van der Waals surface area contributed by atoms with Gasteiger partial charge in [0.15, 0.2) is 0 Å². The molecule has 0 aliphatic heterocycles. The summed E-state index contributed by atoms with van der Waals surface area (Å²) in [7, 11) is 0. The lowest BCUT2D eigenvalue weighted by atomic mass is 10.2. The number of nitrogen functional groups attached to an aromatic ring is 1. The van der Waals surface area contributed by atoms with Gasteiger partial charge in [0.25, 0.3) is 0 Å². The normalized spacial score (nSPS) is 10.3. The van der Waals surface area contributed by atoms with Gasteiger partial charge < -0.3 is 5.73 Å². The molecule has 0 atom stereocenters. The van der Waals surface area contributed by atoms with E-state index in [-0.39, 0.29) is 5.84 Å². The zero-order chi connectivity index (χ0) is 8.55. The largest absolute Gasteiger partial charge is 0.384 e. The minimum absolute atomic E-state index is 0.0755. The lowest BCUT2D eigenvalue weighted by Gasteiger charge is -1.97. The van der Waals surface area contributed by atoms with Gasteiger partial charge in [0, 0.05) is 5.56 Å². The number of aromatic nitrogens is 1. The van der Waals surface area contributed by atoms with Crippen LogP contribution in [-0.4, -0.2) is 10.8 Å². The van der Waals surface area contributed by atoms with Gasteiger partial charge >= 0.3 is 0 Å². The van der Waals surface area contributed by atoms with E-state index in [1.807, 2.05) is 18.2 Å². The standard InChI is InChI=1S/C8H7N3S/c9-8(10)5-2-1-3-6-7(5)11-4-12-6/h1-4H,(H3,9,10). The number of para-hydroxylation sites is 1. The SMILES string of the molecule is N=C(N)c1cccc2scnc12. The molecule has 3 nitrogen and oxygen atoms in total. The number of nitrogens with two attached hydrogens (primary N) is 1. The molecule has 0 amide bonds. The predicted molar refractivity (Wildman–Crippen MR) is 50.6 cm³/mol. The molecular weight excluding hydrogens is 170 g/mol. The van der Waals surface area contributed by atoms with Crippen LogP contribution in [0.4, 0.5) is 0 Å². The van der Waals surface area contributed by atoms with Crippen LogP contribution in [0.25, 0.3) is 10.2 Å². The first-order valence-corrected chi connectivity index (χ1v) is 4.33. The van der Waals surface area contributed by atoms with Gasteiger partial charge in [-0.15, -0.1) is 11.3 Å². The molecule has 1 aromatic carbocycles. The average Bonchev–Trinajstić information content (AvgIpc) is 2.49. The van der Waals surface area contributed by atoms with Gasteiger partial charge in [0.05, 0.1) is 15.7 Å². The Labute approximate surface area is 73.4 Å². The Kier molecular flexibility index (Phi) is 1.55. The van der Waals surface area contributed by atoms with E-state index >= 15 is 0 Å². The van der Waals surface area contributed by atoms with Gasteiger partial charge in [-0.25, -0.2) is 4.98 Å². The van der Waals surface area contributed by atoms with Crippen LogP contribution in [-0.2, 0) is 0 Å². The molecule has 1 aromatic heterocycles. The van der Waals surface area contributed by atoms with Crippen molar-refractivity contribution in [3.63, 3.8) is 0 Å². The van der Waals surface area contributed by atoms with Crippen LogP contribution >= 0.6 is 11.3 Å². The summed E-state index contributed by atoms with van der Waals surface area (Å²) in [6.07, 6.45) is 0. The van der Waals surface area contributed by atoms with E-state index in [0.717, 1.165) is 10.2 Å². The third-order valence-corrected chi connectivity index (χ3v) is 2.44. The van der Waals surface area contributed by atoms with Crippen molar-refractivity contribution in [3.05, 3.63) is 29.3 Å². The Balaban J connectivity index is 2.82. The molecule has 0 unspecified atom stereocenters. The van der Waals surface area contributed by atoms with Gasteiger partial charge in [-0.3, -0.25) is 5.41 Å². The molecule has 2 rings (SSSR count). The van der Waals surface area contributed by atoms with Crippen LogP contribution in [0.15, 0.2) is 23.7 Å². The van der Waals surface area contributed by atoms with Crippen LogP contribution < -0.4 is 5.73 Å². The van der Waals surface area contributed by atoms with Crippen molar-refractivity contribution in [1.29, 1.82) is 5.41 Å². The second-order valence-corrected chi connectivity index (χ2v) is 3.30. The molecule has 0 spiro atoms. The molecule has 4 heteroatoms. The van der Waals surface area contributed by atoms with Crippen molar-refractivity contribution < 1.29 is 0 Å². The third-order valence-electron chi connectivity index (χ3n) is 1.65. The number of hydrogen-bond donors (Lipinski definition) is 2. The van der Waals surface area contributed by atoms with Crippen LogP contribution in [0.5, 0.6) is 0 Å². The molecule has 0 bridgehead atoms. The molecule has 0 aliphatic carbocycles. The van der Waals surface area contributed by atoms with Gasteiger partial charge in [0.2, 0.25) is 0 Å². The van der Waals surface area contributed by atoms with Crippen molar-refractivity contribution in [2.24, 2.45) is 5.73 Å². The van der Waals surface area contributed by atoms with Gasteiger partial charge in [0.1, 0.15) is 5.84 Å². The summed E-state index contributed by atoms with van der Waals surface area (Å²) in [5.41, 5.74) is 8.69. The first-order valence-electron chi connectivity index (χ1n) is 3.45. The topological polar surface area (TPSA) is 62.8 Å². The van der Waals surface area contributed by atoms with E-state index in [1.165, 1.54) is 0 Å². The molecule has 0 saturated heterocycles. The highest BCUT2D eigenvalue weighted by atomic mass is 32.1. The summed E-state index contributed by atoms with van der Waals surface area (Å²) in [4.78, 5) is 4.14. The molecule has 0 fully saturated rings. The zero-order valence-corrected chi connectivity index (χ0v) is 7.06. The molecule has 0 aliphatic rings. The molecule has 60 valence electrons. The summed E-state index contributed by atoms with van der Waals surface area (Å²) in [5.74, 6) is 0.0755. The van der Waals surface area contributed by atoms with Crippen molar-refractivity contribution in [2.75, 3.05) is 0 Å². The Hall–Kier alpha value is -1.42. The second-order valence-electron chi connectivity index (χ2n) is 2.42. The highest BCUT2D eigenvalue weighted by Gasteiger charge is 2.04. The summed E-state index contributed by atoms with van der Waals surface area (Å²) < 4.78 is 1.07. The maximum Gasteiger partial charge on any atom is 0.125 e. The molecule has 1 heterocycles. The molecule has 0 radical (unpaired) electrons. The predicted octanol–water partition coefficient (Wildman–Crippen LogP) is 1.58. The first kappa shape index (κ1) is 7.24. The summed E-state index contributed by atoms with van der Waals surface area (Å²) >= 11 is 1.56. The molecular formula is C8H7N3S. The second kappa shape index (κ2) is 2.57. The quantitative estimate of drug-likeness (QED) is 0.513. The fourth-order valence-corrected chi connectivity index (χ4v) is 1.81. The molecule has 2 aromatic rings. The minimum atomic E-state index is 0.0755. The van der Waals surface area contributed by atoms with Crippen LogP contribution in [0.2, 0.25) is 0 Å². The maximum absolute atomic E-state index is 7.30. The monoisotopic (exact) mass is 177 g/mol. The number of amidine groups is 1. The van der Waals surface area contributed by atoms with Gasteiger partial charge in [-0.05, 0) is 12.1 Å². The van der Waals surface area contributed by atoms with E-state index in [1.54, 1.807) is 16.8 Å². The fraction of sp³-hybridized carbons (Fsp3) is 0. The van der Waals surface area contributed by atoms with E-state index < -0.39 is 0 Å². The van der Waals surface area contributed by atoms with Gasteiger partial charge in [-0.2, -0.15) is 0 Å². The number of thiazole rings is 1. The maximum atomic E-state index is 7.30. The highest BCUT2D eigenvalue weighted by Crippen LogP contribution is 2.20. The Morgan fingerprint density at radius 2 is 2.33 bits per heavy atom. The number of nitrogens with zero attached hydrogens (tertiary/aromatic N) is 1. The van der Waals surface area contributed by atoms with Gasteiger partial charge in [-0.1, -0.05) is 6.07 Å². The average molecular weight is 177 g/mol. The van der Waals surface area contributed by atoms with Crippen molar-refractivity contribution in [2.45, 2.75) is 0 Å². The van der Waals surface area contributed by atoms with E-state index in [0.29, 0.717) is 5.56 Å². The smallest absolute Gasteiger partial charge is 0.125 e. The Morgan fingerprint density at radius 1 is 1.50 bits per heavy atom. The van der Waals surface area contributed by atoms with Crippen molar-refractivity contribution in [3.8, 4) is 0 Å². The fourth-order valence-electron chi connectivity index (χ4n) is 1.10. The van der Waals surface area contributed by atoms with E-state index in [2.05, 4.69) is 4.98 Å². The molecule has 3 N–H and O–H groups in total. The number of rotatable bonds is 1. The number of nitrogens with one attached hydrogen (secondary N) is 1. The van der Waals surface area contributed by atoms with Crippen molar-refractivity contribution in [1.82, 2.24) is 4.98 Å². The minimum Gasteiger partial charge on any atom is -0.384 e. The van der Waals surface area contributed by atoms with Crippen molar-refractivity contribution >= 4 is 27.4 Å². The number of hydrogen-bond acceptors (Lipinski definition) is 3. The summed E-state index contributed by atoms with van der Waals surface area (Å²) in [6.45, 7) is 0. The lowest BCUT2D eigenvalue weighted by Crippen LogP contribution is -2.11. The van der Waals surface area contributed by atoms with Crippen LogP contribution in [0, 0.1) is 5.41 Å². The number of fused-ring (bicyclic) bond motifs is 1. The lowest BCUT2D eigenvalue weighted by molar-refractivity contribution is 1.41. The highest BCUT2D eigenvalue weighted by molar-refractivity contribution is 7.16. The van der Waals surface area contributed by atoms with Crippen LogP contribution in [0.1, 0.15) is 5.56 Å². The summed E-state index contributed by atoms with van der Waals surface area (Å²) in [6, 6.07) is 5.67. The van der Waals surface area contributed by atoms with E-state index in [4.69, 9.17) is 11.1 Å². The Bertz CT molecular complexity index is 433. The zero-order valence-electron chi connectivity index (χ0n) is 6.24. The summed E-state index contributed by atoms with van der Waals surface area (Å²) in [5, 5.41) is 7.30. The third kappa shape index (κ3) is 0.967. The molecule has 12 heavy (non-hydrogen) atoms. The number of benzene rings is 1.